The summed E-state index contributed by atoms with van der Waals surface area (Å²) in [5.74, 6) is 0.973. The Labute approximate surface area is 79.9 Å². The second kappa shape index (κ2) is 4.87. The third kappa shape index (κ3) is 2.74. The van der Waals surface area contributed by atoms with Gasteiger partial charge in [-0.15, -0.1) is 0 Å². The molecule has 0 aliphatic carbocycles. The average molecular weight is 179 g/mol. The van der Waals surface area contributed by atoms with Gasteiger partial charge < -0.3 is 10.1 Å². The van der Waals surface area contributed by atoms with Crippen molar-refractivity contribution in [3.63, 3.8) is 0 Å². The van der Waals surface area contributed by atoms with Crippen molar-refractivity contribution in [2.45, 2.75) is 20.4 Å². The molecule has 0 spiro atoms. The third-order valence-electron chi connectivity index (χ3n) is 2.01. The lowest BCUT2D eigenvalue weighted by molar-refractivity contribution is 0.407. The molecule has 0 amide bonds. The van der Waals surface area contributed by atoms with Gasteiger partial charge in [-0.2, -0.15) is 0 Å². The summed E-state index contributed by atoms with van der Waals surface area (Å²) in [6.45, 7) is 6.02. The average Bonchev–Trinajstić information content (AvgIpc) is 2.16. The van der Waals surface area contributed by atoms with E-state index in [2.05, 4.69) is 37.4 Å². The highest BCUT2D eigenvalue weighted by molar-refractivity contribution is 5.36. The maximum atomic E-state index is 5.28. The molecule has 0 atom stereocenters. The first-order chi connectivity index (χ1) is 6.27. The number of nitrogens with one attached hydrogen (secondary N) is 1. The summed E-state index contributed by atoms with van der Waals surface area (Å²) in [4.78, 5) is 0. The third-order valence-corrected chi connectivity index (χ3v) is 2.01. The van der Waals surface area contributed by atoms with Crippen LogP contribution in [-0.2, 0) is 6.54 Å². The highest BCUT2D eigenvalue weighted by atomic mass is 16.5. The Bertz CT molecular complexity index is 271. The molecule has 2 heteroatoms. The molecule has 0 heterocycles. The van der Waals surface area contributed by atoms with Crippen molar-refractivity contribution in [2.75, 3.05) is 13.7 Å². The first-order valence-electron chi connectivity index (χ1n) is 4.62. The molecule has 1 N–H and O–H groups in total. The van der Waals surface area contributed by atoms with Crippen molar-refractivity contribution in [3.8, 4) is 5.75 Å². The van der Waals surface area contributed by atoms with Crippen LogP contribution in [0.4, 0.5) is 0 Å². The van der Waals surface area contributed by atoms with E-state index in [9.17, 15) is 0 Å². The van der Waals surface area contributed by atoms with Gasteiger partial charge in [-0.25, -0.2) is 0 Å². The van der Waals surface area contributed by atoms with Crippen molar-refractivity contribution < 1.29 is 4.74 Å². The van der Waals surface area contributed by atoms with Crippen LogP contribution in [-0.4, -0.2) is 13.7 Å². The molecule has 72 valence electrons. The standard InChI is InChI=1S/C11H17NO/c1-4-12-8-10-6-5-9(2)7-11(10)13-3/h5-7,12H,4,8H2,1-3H3. The van der Waals surface area contributed by atoms with Crippen LogP contribution < -0.4 is 10.1 Å². The number of rotatable bonds is 4. The lowest BCUT2D eigenvalue weighted by Crippen LogP contribution is -2.12. The maximum Gasteiger partial charge on any atom is 0.123 e. The highest BCUT2D eigenvalue weighted by Gasteiger charge is 2.01. The van der Waals surface area contributed by atoms with E-state index in [1.165, 1.54) is 11.1 Å². The zero-order valence-electron chi connectivity index (χ0n) is 8.55. The van der Waals surface area contributed by atoms with Crippen LogP contribution in [0.1, 0.15) is 18.1 Å². The van der Waals surface area contributed by atoms with Crippen LogP contribution in [0.2, 0.25) is 0 Å². The van der Waals surface area contributed by atoms with Crippen molar-refractivity contribution in [1.82, 2.24) is 5.32 Å². The lowest BCUT2D eigenvalue weighted by Gasteiger charge is -2.09. The number of methoxy groups -OCH3 is 1. The number of aryl methyl sites for hydroxylation is 1. The van der Waals surface area contributed by atoms with Crippen LogP contribution in [0, 0.1) is 6.92 Å². The molecular formula is C11H17NO. The van der Waals surface area contributed by atoms with Crippen molar-refractivity contribution in [2.24, 2.45) is 0 Å². The summed E-state index contributed by atoms with van der Waals surface area (Å²) >= 11 is 0. The summed E-state index contributed by atoms with van der Waals surface area (Å²) in [5, 5.41) is 3.28. The Balaban J connectivity index is 2.79. The summed E-state index contributed by atoms with van der Waals surface area (Å²) in [6, 6.07) is 6.28. The molecule has 0 unspecified atom stereocenters. The molecule has 0 bridgehead atoms. The van der Waals surface area contributed by atoms with E-state index >= 15 is 0 Å². The van der Waals surface area contributed by atoms with Gasteiger partial charge in [0.25, 0.3) is 0 Å². The predicted octanol–water partition coefficient (Wildman–Crippen LogP) is 2.11. The highest BCUT2D eigenvalue weighted by Crippen LogP contribution is 2.19. The Morgan fingerprint density at radius 1 is 1.38 bits per heavy atom. The monoisotopic (exact) mass is 179 g/mol. The summed E-state index contributed by atoms with van der Waals surface area (Å²) in [5.41, 5.74) is 2.45. The van der Waals surface area contributed by atoms with Gasteiger partial charge in [-0.05, 0) is 25.1 Å². The summed E-state index contributed by atoms with van der Waals surface area (Å²) in [6.07, 6.45) is 0. The smallest absolute Gasteiger partial charge is 0.123 e. The molecule has 1 aromatic carbocycles. The number of benzene rings is 1. The number of ether oxygens (including phenoxy) is 1. The largest absolute Gasteiger partial charge is 0.496 e. The molecule has 0 fully saturated rings. The van der Waals surface area contributed by atoms with Crippen LogP contribution >= 0.6 is 0 Å². The second-order valence-corrected chi connectivity index (χ2v) is 3.10. The normalized spacial score (nSPS) is 10.1. The van der Waals surface area contributed by atoms with Crippen LogP contribution in [0.15, 0.2) is 18.2 Å². The van der Waals surface area contributed by atoms with Gasteiger partial charge in [0.1, 0.15) is 5.75 Å². The molecule has 1 rings (SSSR count). The summed E-state index contributed by atoms with van der Waals surface area (Å²) in [7, 11) is 1.71. The first-order valence-corrected chi connectivity index (χ1v) is 4.62. The minimum atomic E-state index is 0.875. The number of hydrogen-bond acceptors (Lipinski definition) is 2. The van der Waals surface area contributed by atoms with Crippen molar-refractivity contribution in [1.29, 1.82) is 0 Å². The minimum absolute atomic E-state index is 0.875. The van der Waals surface area contributed by atoms with Gasteiger partial charge in [-0.3, -0.25) is 0 Å². The number of hydrogen-bond donors (Lipinski definition) is 1. The molecule has 0 radical (unpaired) electrons. The van der Waals surface area contributed by atoms with Gasteiger partial charge in [0.05, 0.1) is 7.11 Å². The topological polar surface area (TPSA) is 21.3 Å². The molecule has 0 aliphatic heterocycles. The van der Waals surface area contributed by atoms with E-state index in [0.29, 0.717) is 0 Å². The van der Waals surface area contributed by atoms with Crippen molar-refractivity contribution >= 4 is 0 Å². The van der Waals surface area contributed by atoms with Crippen molar-refractivity contribution in [3.05, 3.63) is 29.3 Å². The SMILES string of the molecule is CCNCc1ccc(C)cc1OC. The first kappa shape index (κ1) is 10.1. The Morgan fingerprint density at radius 3 is 2.77 bits per heavy atom. The molecule has 0 aliphatic rings. The van der Waals surface area contributed by atoms with Gasteiger partial charge in [-0.1, -0.05) is 19.1 Å². The van der Waals surface area contributed by atoms with E-state index in [0.717, 1.165) is 18.8 Å². The van der Waals surface area contributed by atoms with E-state index < -0.39 is 0 Å². The molecule has 2 nitrogen and oxygen atoms in total. The van der Waals surface area contributed by atoms with Gasteiger partial charge in [0.2, 0.25) is 0 Å². The van der Waals surface area contributed by atoms with E-state index in [-0.39, 0.29) is 0 Å². The van der Waals surface area contributed by atoms with Crippen LogP contribution in [0.3, 0.4) is 0 Å². The molecule has 13 heavy (non-hydrogen) atoms. The van der Waals surface area contributed by atoms with Gasteiger partial charge >= 0.3 is 0 Å². The molecular weight excluding hydrogens is 162 g/mol. The lowest BCUT2D eigenvalue weighted by atomic mass is 10.1. The van der Waals surface area contributed by atoms with E-state index in [4.69, 9.17) is 4.74 Å². The van der Waals surface area contributed by atoms with Gasteiger partial charge in [0.15, 0.2) is 0 Å². The Morgan fingerprint density at radius 2 is 2.15 bits per heavy atom. The summed E-state index contributed by atoms with van der Waals surface area (Å²) < 4.78 is 5.28. The minimum Gasteiger partial charge on any atom is -0.496 e. The Hall–Kier alpha value is -1.02. The maximum absolute atomic E-state index is 5.28. The van der Waals surface area contributed by atoms with Crippen LogP contribution in [0.5, 0.6) is 5.75 Å². The fourth-order valence-corrected chi connectivity index (χ4v) is 1.26. The molecule has 0 saturated heterocycles. The van der Waals surface area contributed by atoms with Gasteiger partial charge in [0, 0.05) is 12.1 Å². The zero-order chi connectivity index (χ0) is 9.68. The fourth-order valence-electron chi connectivity index (χ4n) is 1.26. The van der Waals surface area contributed by atoms with Crippen LogP contribution in [0.25, 0.3) is 0 Å². The quantitative estimate of drug-likeness (QED) is 0.764. The predicted molar refractivity (Wildman–Crippen MR) is 55.1 cm³/mol. The van der Waals surface area contributed by atoms with E-state index in [1.807, 2.05) is 0 Å². The molecule has 1 aromatic rings. The van der Waals surface area contributed by atoms with E-state index in [1.54, 1.807) is 7.11 Å². The molecule has 0 saturated carbocycles. The Kier molecular flexibility index (Phi) is 3.77. The molecule has 0 aromatic heterocycles. The second-order valence-electron chi connectivity index (χ2n) is 3.10. The zero-order valence-corrected chi connectivity index (χ0v) is 8.55. The fraction of sp³-hybridized carbons (Fsp3) is 0.455.